The maximum atomic E-state index is 16.9. The van der Waals surface area contributed by atoms with E-state index in [1.165, 1.54) is 24.6 Å². The normalized spacial score (nSPS) is 22.3. The minimum Gasteiger partial charge on any atom is -0.465 e. The molecule has 6 aromatic rings. The van der Waals surface area contributed by atoms with Gasteiger partial charge in [-0.3, -0.25) is 14.5 Å². The van der Waals surface area contributed by atoms with Crippen LogP contribution in [0.4, 0.5) is 25.4 Å². The highest BCUT2D eigenvalue weighted by Crippen LogP contribution is 2.49. The van der Waals surface area contributed by atoms with Gasteiger partial charge in [0.05, 0.1) is 59.0 Å². The van der Waals surface area contributed by atoms with Crippen molar-refractivity contribution in [3.05, 3.63) is 119 Å². The maximum Gasteiger partial charge on any atom is 0.407 e. The quantitative estimate of drug-likeness (QED) is 0.0860. The molecule has 4 aromatic carbocycles. The van der Waals surface area contributed by atoms with E-state index < -0.39 is 24.3 Å². The van der Waals surface area contributed by atoms with Gasteiger partial charge in [0.2, 0.25) is 11.8 Å². The lowest BCUT2D eigenvalue weighted by Gasteiger charge is -2.37. The van der Waals surface area contributed by atoms with Gasteiger partial charge in [0.25, 0.3) is 0 Å². The molecule has 11 rings (SSSR count). The number of carboxylic acid groups (broad SMARTS) is 1. The number of aromatic amines is 2. The molecule has 0 saturated carbocycles. The molecule has 0 aliphatic carbocycles. The second kappa shape index (κ2) is 22.0. The van der Waals surface area contributed by atoms with E-state index in [2.05, 4.69) is 79.7 Å². The van der Waals surface area contributed by atoms with Gasteiger partial charge in [0.1, 0.15) is 29.5 Å². The van der Waals surface area contributed by atoms with Gasteiger partial charge in [-0.05, 0) is 141 Å². The Morgan fingerprint density at radius 1 is 0.714 bits per heavy atom. The van der Waals surface area contributed by atoms with Gasteiger partial charge in [0, 0.05) is 52.1 Å². The van der Waals surface area contributed by atoms with E-state index >= 15 is 4.39 Å². The number of piperidine rings is 1. The Balaban J connectivity index is 0.892. The Kier molecular flexibility index (Phi) is 14.8. The SMILES string of the molecule is COC(=O)N[C@H](C(=O)N1CCC[C@H]1c1nc2cc([C@H]3CC[C@H](c4ccc5[nH]c([C@@H]6CCCN6C(=O)[C@H](C6CCOCC6)N(C)C(=O)O)nc5c4)N3c3ccc(N4CCC(c5ccccc5)CC4)c(F)c3)ccc2[nH]1)C(C)C. The van der Waals surface area contributed by atoms with Crippen LogP contribution in [-0.4, -0.2) is 129 Å². The fourth-order valence-corrected chi connectivity index (χ4v) is 13.2. The molecule has 0 spiro atoms. The summed E-state index contributed by atoms with van der Waals surface area (Å²) in [4.78, 5) is 79.7. The van der Waals surface area contributed by atoms with E-state index in [1.807, 2.05) is 47.9 Å². The number of alkyl carbamates (subject to hydrolysis) is 1. The number of ether oxygens (including phenoxy) is 2. The molecule has 0 bridgehead atoms. The summed E-state index contributed by atoms with van der Waals surface area (Å²) in [5, 5.41) is 12.8. The number of carbonyl (C=O) groups excluding carboxylic acids is 3. The van der Waals surface area contributed by atoms with Crippen molar-refractivity contribution in [2.45, 2.75) is 120 Å². The minimum atomic E-state index is -1.13. The van der Waals surface area contributed by atoms with Crippen molar-refractivity contribution >= 4 is 57.4 Å². The predicted molar refractivity (Wildman–Crippen MR) is 291 cm³/mol. The lowest BCUT2D eigenvalue weighted by atomic mass is 9.89. The number of likely N-dealkylation sites (tertiary alicyclic amines) is 2. The molecule has 0 radical (unpaired) electrons. The number of aromatic nitrogens is 4. The molecular formula is C59H71FN10O7. The van der Waals surface area contributed by atoms with Crippen LogP contribution in [0.2, 0.25) is 0 Å². The van der Waals surface area contributed by atoms with Gasteiger partial charge in [-0.2, -0.15) is 0 Å². The number of carbonyl (C=O) groups is 4. The number of methoxy groups -OCH3 is 1. The van der Waals surface area contributed by atoms with Crippen molar-refractivity contribution < 1.29 is 38.1 Å². The molecule has 6 atom stereocenters. The van der Waals surface area contributed by atoms with Crippen molar-refractivity contribution in [2.75, 3.05) is 63.4 Å². The monoisotopic (exact) mass is 1050 g/mol. The number of H-pyrrole nitrogens is 2. The number of anilines is 2. The molecule has 18 heteroatoms. The van der Waals surface area contributed by atoms with Crippen molar-refractivity contribution in [3.63, 3.8) is 0 Å². The zero-order valence-electron chi connectivity index (χ0n) is 44.5. The average Bonchev–Trinajstić information content (AvgIpc) is 4.35. The largest absolute Gasteiger partial charge is 0.465 e. The first kappa shape index (κ1) is 51.9. The maximum absolute atomic E-state index is 16.9. The lowest BCUT2D eigenvalue weighted by molar-refractivity contribution is -0.140. The number of imidazole rings is 2. The van der Waals surface area contributed by atoms with Crippen LogP contribution in [0.1, 0.15) is 136 Å². The summed E-state index contributed by atoms with van der Waals surface area (Å²) in [6.45, 7) is 7.38. The van der Waals surface area contributed by atoms with Crippen LogP contribution >= 0.6 is 0 Å². The molecule has 2 aromatic heterocycles. The van der Waals surface area contributed by atoms with Crippen LogP contribution in [0.5, 0.6) is 0 Å². The second-order valence-electron chi connectivity index (χ2n) is 22.1. The van der Waals surface area contributed by atoms with Gasteiger partial charge >= 0.3 is 12.2 Å². The number of rotatable bonds is 13. The fraction of sp³-hybridized carbons (Fsp3) is 0.492. The molecule has 7 heterocycles. The Morgan fingerprint density at radius 2 is 1.30 bits per heavy atom. The molecular weight excluding hydrogens is 980 g/mol. The molecule has 0 unspecified atom stereocenters. The summed E-state index contributed by atoms with van der Waals surface area (Å²) in [5.74, 6) is 0.889. The molecule has 5 fully saturated rings. The minimum absolute atomic E-state index is 0.141. The van der Waals surface area contributed by atoms with Gasteiger partial charge < -0.3 is 49.5 Å². The third kappa shape index (κ3) is 10.3. The number of fused-ring (bicyclic) bond motifs is 2. The van der Waals surface area contributed by atoms with Crippen LogP contribution in [0.15, 0.2) is 84.9 Å². The van der Waals surface area contributed by atoms with E-state index in [0.717, 1.165) is 96.9 Å². The first-order chi connectivity index (χ1) is 37.3. The average molecular weight is 1050 g/mol. The standard InChI is InChI=1S/C59H71FN10O7/c1-35(2)52(65-58(73)76-4)56(71)68-26-8-12-50(68)54-61-43-17-14-39(32-45(43)63-54)47-20-21-48(70(47)41-16-19-49(42(60)34-41)67-28-22-37(23-29-67)36-10-6-5-7-11-36)40-15-18-44-46(33-40)64-55(62-44)51-13-9-27-69(51)57(72)53(66(3)59(74)75)38-24-30-77-31-25-38/h5-7,10-11,14-19,32-35,37-38,47-48,50-53H,8-9,12-13,20-31H2,1-4H3,(H,61,63)(H,62,64)(H,65,73)(H,74,75)/t47-,48-,50+,51+,52+,53+/m1/s1. The fourth-order valence-electron chi connectivity index (χ4n) is 13.2. The van der Waals surface area contributed by atoms with Crippen LogP contribution in [0, 0.1) is 17.7 Å². The summed E-state index contributed by atoms with van der Waals surface area (Å²) in [5.41, 5.74) is 7.99. The molecule has 5 aliphatic heterocycles. The number of nitrogens with zero attached hydrogens (tertiary/aromatic N) is 7. The molecule has 4 amide bonds. The van der Waals surface area contributed by atoms with E-state index in [-0.39, 0.29) is 53.6 Å². The topological polar surface area (TPSA) is 193 Å². The Morgan fingerprint density at radius 3 is 1.84 bits per heavy atom. The van der Waals surface area contributed by atoms with Crippen molar-refractivity contribution in [1.82, 2.24) is 40.0 Å². The number of likely N-dealkylation sites (N-methyl/N-ethyl adjacent to an activating group) is 1. The number of hydrogen-bond acceptors (Lipinski definition) is 10. The Hall–Kier alpha value is -7.21. The summed E-state index contributed by atoms with van der Waals surface area (Å²) >= 11 is 0. The first-order valence-corrected chi connectivity index (χ1v) is 27.7. The Labute approximate surface area is 448 Å². The lowest BCUT2D eigenvalue weighted by Crippen LogP contribution is -2.53. The third-order valence-corrected chi connectivity index (χ3v) is 17.3. The van der Waals surface area contributed by atoms with E-state index in [9.17, 15) is 24.3 Å². The van der Waals surface area contributed by atoms with Crippen molar-refractivity contribution in [2.24, 2.45) is 11.8 Å². The molecule has 17 nitrogen and oxygen atoms in total. The second-order valence-corrected chi connectivity index (χ2v) is 22.1. The predicted octanol–water partition coefficient (Wildman–Crippen LogP) is 10.2. The number of hydrogen-bond donors (Lipinski definition) is 4. The smallest absolute Gasteiger partial charge is 0.407 e. The highest BCUT2D eigenvalue weighted by Gasteiger charge is 2.44. The van der Waals surface area contributed by atoms with Crippen molar-refractivity contribution in [3.8, 4) is 0 Å². The van der Waals surface area contributed by atoms with Crippen LogP contribution in [0.25, 0.3) is 22.1 Å². The number of nitrogens with one attached hydrogen (secondary N) is 3. The highest BCUT2D eigenvalue weighted by atomic mass is 19.1. The van der Waals surface area contributed by atoms with Crippen LogP contribution in [-0.2, 0) is 19.1 Å². The number of amides is 4. The van der Waals surface area contributed by atoms with E-state index in [4.69, 9.17) is 19.4 Å². The van der Waals surface area contributed by atoms with Gasteiger partial charge in [0.15, 0.2) is 0 Å². The van der Waals surface area contributed by atoms with Crippen molar-refractivity contribution in [1.29, 1.82) is 0 Å². The first-order valence-electron chi connectivity index (χ1n) is 27.7. The molecule has 77 heavy (non-hydrogen) atoms. The number of benzene rings is 4. The van der Waals surface area contributed by atoms with Gasteiger partial charge in [-0.25, -0.2) is 23.9 Å². The zero-order valence-corrected chi connectivity index (χ0v) is 44.5. The van der Waals surface area contributed by atoms with Crippen LogP contribution < -0.4 is 15.1 Å². The summed E-state index contributed by atoms with van der Waals surface area (Å²) < 4.78 is 27.3. The Bertz CT molecular complexity index is 3120. The van der Waals surface area contributed by atoms with Crippen LogP contribution in [0.3, 0.4) is 0 Å². The molecule has 5 saturated heterocycles. The zero-order chi connectivity index (χ0) is 53.5. The highest BCUT2D eigenvalue weighted by molar-refractivity contribution is 5.87. The molecule has 4 N–H and O–H groups in total. The van der Waals surface area contributed by atoms with E-state index in [0.29, 0.717) is 68.8 Å². The summed E-state index contributed by atoms with van der Waals surface area (Å²) in [6, 6.07) is 26.4. The third-order valence-electron chi connectivity index (χ3n) is 17.3. The van der Waals surface area contributed by atoms with Gasteiger partial charge in [-0.15, -0.1) is 0 Å². The summed E-state index contributed by atoms with van der Waals surface area (Å²) in [6.07, 6.45) is 5.91. The van der Waals surface area contributed by atoms with Gasteiger partial charge in [-0.1, -0.05) is 56.3 Å². The molecule has 406 valence electrons. The molecule has 5 aliphatic rings. The van der Waals surface area contributed by atoms with E-state index in [1.54, 1.807) is 6.07 Å². The number of halogens is 1. The summed E-state index contributed by atoms with van der Waals surface area (Å²) in [7, 11) is 2.78.